The van der Waals surface area contributed by atoms with E-state index >= 15 is 33.6 Å². The molecule has 1 fully saturated rings. The lowest BCUT2D eigenvalue weighted by atomic mass is 9.99. The molecule has 6 aromatic carbocycles. The normalized spacial score (nSPS) is 21.9. The summed E-state index contributed by atoms with van der Waals surface area (Å²) in [6, 6.07) is 26.7. The number of aromatic hydroxyl groups is 2. The minimum Gasteiger partial charge on any atom is -0.508 e. The van der Waals surface area contributed by atoms with Crippen molar-refractivity contribution in [3.05, 3.63) is 203 Å². The Morgan fingerprint density at radius 3 is 1.45 bits per heavy atom. The van der Waals surface area contributed by atoms with E-state index in [4.69, 9.17) is 10.5 Å². The number of fused-ring (bicyclic) bond motifs is 1. The Labute approximate surface area is 752 Å². The van der Waals surface area contributed by atoms with Crippen LogP contribution in [0.2, 0.25) is 0 Å². The summed E-state index contributed by atoms with van der Waals surface area (Å²) < 4.78 is 5.43. The van der Waals surface area contributed by atoms with Crippen LogP contribution in [-0.2, 0) is 120 Å². The first-order valence-electron chi connectivity index (χ1n) is 42.3. The lowest BCUT2D eigenvalue weighted by molar-refractivity contribution is -0.151. The topological polar surface area (TPSA) is 509 Å². The van der Waals surface area contributed by atoms with Crippen LogP contribution in [0.3, 0.4) is 0 Å². The largest absolute Gasteiger partial charge is 0.508 e. The number of primary amides is 1. The van der Waals surface area contributed by atoms with Gasteiger partial charge in [0.1, 0.15) is 78.0 Å². The summed E-state index contributed by atoms with van der Waals surface area (Å²) in [6.07, 6.45) is -0.0451. The number of ether oxygens (including phenoxy) is 1. The van der Waals surface area contributed by atoms with E-state index in [0.29, 0.717) is 57.1 Å². The van der Waals surface area contributed by atoms with Crippen molar-refractivity contribution in [2.75, 3.05) is 80.1 Å². The number of carbonyl (C=O) groups excluding carboxylic acids is 15. The number of amides is 15. The number of aliphatic carboxylic acids is 1. The molecule has 1 aliphatic heterocycles. The van der Waals surface area contributed by atoms with Crippen LogP contribution in [0.15, 0.2) is 170 Å². The molecule has 15 N–H and O–H groups in total. The highest BCUT2D eigenvalue weighted by molar-refractivity contribution is 8.00. The van der Waals surface area contributed by atoms with Crippen molar-refractivity contribution >= 4 is 117 Å². The molecular formula is C92H116N16O20S. The third-order valence-electron chi connectivity index (χ3n) is 21.8. The number of para-hydroxylation sites is 1. The number of H-pyrrole nitrogens is 1. The van der Waals surface area contributed by atoms with Crippen LogP contribution in [0.1, 0.15) is 86.3 Å². The van der Waals surface area contributed by atoms with Crippen molar-refractivity contribution in [1.82, 2.24) is 77.3 Å². The van der Waals surface area contributed by atoms with Gasteiger partial charge < -0.3 is 103 Å². The summed E-state index contributed by atoms with van der Waals surface area (Å²) in [7, 11) is 7.64. The SMILES string of the molecule is CCCCC1C(=O)N(C)CC(=O)NC(CC(=O)O)C(=O)NC(COC)C(=O)N(C)C(Cc2ccccc2)C(=O)NC(Cc2ccc(O)cc2)C(=O)N(C)CC(=O)NC(Cc2c[nH]c3ccccc23)C(=O)NC(Cc2ccc(O)cc2)C(=O)NC(CC(C)C)C(=O)NC(C(=O)NCC(N)=O)CSCC(=O)NC(Cc2ccccc2)C(=O)N(C)C(Cc2ccccc2)C(=O)N1C. The van der Waals surface area contributed by atoms with Crippen molar-refractivity contribution in [2.24, 2.45) is 11.7 Å². The zero-order chi connectivity index (χ0) is 94.1. The number of nitrogens with two attached hydrogens (primary N) is 1. The number of phenols is 2. The summed E-state index contributed by atoms with van der Waals surface area (Å²) in [5.41, 5.74) is 9.05. The van der Waals surface area contributed by atoms with E-state index < -0.39 is 199 Å². The van der Waals surface area contributed by atoms with Crippen LogP contribution < -0.4 is 53.6 Å². The number of nitrogens with zero attached hydrogens (tertiary/aromatic N) is 5. The van der Waals surface area contributed by atoms with Crippen molar-refractivity contribution in [3.63, 3.8) is 0 Å². The Bertz CT molecular complexity index is 5050. The van der Waals surface area contributed by atoms with Crippen LogP contribution in [-0.4, -0.2) is 286 Å². The fraction of sp³-hybridized carbons (Fsp3) is 0.413. The van der Waals surface area contributed by atoms with E-state index in [0.717, 1.165) is 36.3 Å². The Morgan fingerprint density at radius 1 is 0.473 bits per heavy atom. The molecule has 7 aromatic rings. The average Bonchev–Trinajstić information content (AvgIpc) is 1.73. The molecule has 2 heterocycles. The summed E-state index contributed by atoms with van der Waals surface area (Å²) in [5.74, 6) is -17.0. The standard InChI is InChI=1S/C92H116N16O20S/c1-10-11-31-74-91(126)105(5)51-79(113)97-69(47-81(115)116)86(121)102-72(52-128-9)90(125)107(7)75(44-57-25-17-13-18-26-57)87(122)101-70(43-60-34-38-63(110)39-35-60)88(123)104(4)50-78(112)96-68(46-61-48-94-65-30-22-21-29-64(61)65)85(120)100-67(41-59-32-36-62(109)37-33-59)84(119)99-66(40-55(2)3)83(118)103-73(82(117)95-49-77(93)111)53-129-54-80(114)98-71(42-56-23-15-12-16-24-56)89(124)108(8)76(92(127)106(74)6)45-58-27-19-14-20-28-58/h12-30,32-39,48,55,66-76,94,109-110H,10-11,31,40-47,49-54H2,1-9H3,(H2,93,111)(H,95,117)(H,96,112)(H,97,113)(H,98,114)(H,99,119)(H,100,120)(H,101,122)(H,102,121)(H,103,118)(H,115,116). The van der Waals surface area contributed by atoms with Crippen LogP contribution in [0.4, 0.5) is 0 Å². The van der Waals surface area contributed by atoms with Crippen molar-refractivity contribution in [2.45, 2.75) is 158 Å². The van der Waals surface area contributed by atoms with Crippen molar-refractivity contribution < 1.29 is 96.8 Å². The minimum atomic E-state index is -1.95. The lowest BCUT2D eigenvalue weighted by Gasteiger charge is -2.37. The number of aromatic nitrogens is 1. The molecule has 1 aromatic heterocycles. The summed E-state index contributed by atoms with van der Waals surface area (Å²) in [4.78, 5) is 243. The zero-order valence-electron chi connectivity index (χ0n) is 73.6. The van der Waals surface area contributed by atoms with Gasteiger partial charge >= 0.3 is 5.97 Å². The van der Waals surface area contributed by atoms with Gasteiger partial charge in [0.05, 0.1) is 38.4 Å². The molecule has 0 saturated carbocycles. The number of phenolic OH excluding ortho intramolecular Hbond substituents is 2. The number of likely N-dealkylation sites (N-methyl/N-ethyl adjacent to an activating group) is 5. The van der Waals surface area contributed by atoms with Gasteiger partial charge in [0.15, 0.2) is 0 Å². The van der Waals surface area contributed by atoms with Crippen molar-refractivity contribution in [3.8, 4) is 11.5 Å². The highest BCUT2D eigenvalue weighted by Gasteiger charge is 2.42. The van der Waals surface area contributed by atoms with Crippen LogP contribution in [0.5, 0.6) is 11.5 Å². The number of carboxylic acids is 1. The number of rotatable bonds is 24. The first-order valence-corrected chi connectivity index (χ1v) is 43.4. The second-order valence-electron chi connectivity index (χ2n) is 32.3. The highest BCUT2D eigenvalue weighted by Crippen LogP contribution is 2.24. The number of unbranched alkanes of at least 4 members (excludes halogenated alkanes) is 1. The van der Waals surface area contributed by atoms with E-state index in [1.54, 1.807) is 135 Å². The molecule has 36 nitrogen and oxygen atoms in total. The van der Waals surface area contributed by atoms with Crippen LogP contribution in [0, 0.1) is 5.92 Å². The molecule has 1 aliphatic rings. The molecule has 690 valence electrons. The van der Waals surface area contributed by atoms with Gasteiger partial charge in [-0.3, -0.25) is 76.7 Å². The number of methoxy groups -OCH3 is 1. The molecule has 11 atom stereocenters. The number of thioether (sulfide) groups is 1. The van der Waals surface area contributed by atoms with E-state index in [9.17, 15) is 58.5 Å². The number of carbonyl (C=O) groups is 16. The molecule has 1 saturated heterocycles. The van der Waals surface area contributed by atoms with E-state index in [1.807, 2.05) is 6.92 Å². The van der Waals surface area contributed by atoms with Gasteiger partial charge in [-0.1, -0.05) is 167 Å². The Morgan fingerprint density at radius 2 is 0.907 bits per heavy atom. The third-order valence-corrected chi connectivity index (χ3v) is 22.8. The van der Waals surface area contributed by atoms with E-state index in [1.165, 1.54) is 90.9 Å². The smallest absolute Gasteiger partial charge is 0.305 e. The Kier molecular flexibility index (Phi) is 38.6. The number of carboxylic acid groups (broad SMARTS) is 1. The molecule has 15 amide bonds. The predicted molar refractivity (Wildman–Crippen MR) is 479 cm³/mol. The minimum absolute atomic E-state index is 0.0203. The molecule has 11 unspecified atom stereocenters. The summed E-state index contributed by atoms with van der Waals surface area (Å²) in [6.45, 7) is 2.40. The highest BCUT2D eigenvalue weighted by atomic mass is 32.2. The number of nitrogens with one attached hydrogen (secondary N) is 10. The number of aromatic amines is 1. The van der Waals surface area contributed by atoms with Crippen molar-refractivity contribution in [1.29, 1.82) is 0 Å². The average molecular weight is 1800 g/mol. The van der Waals surface area contributed by atoms with Gasteiger partial charge in [-0.05, 0) is 82.5 Å². The van der Waals surface area contributed by atoms with Gasteiger partial charge in [0.25, 0.3) is 0 Å². The maximum atomic E-state index is 15.5. The quantitative estimate of drug-likeness (QED) is 0.0406. The molecule has 37 heteroatoms. The monoisotopic (exact) mass is 1800 g/mol. The molecule has 0 aliphatic carbocycles. The Balaban J connectivity index is 1.21. The predicted octanol–water partition coefficient (Wildman–Crippen LogP) is 1.32. The lowest BCUT2D eigenvalue weighted by Crippen LogP contribution is -2.61. The second-order valence-corrected chi connectivity index (χ2v) is 33.4. The van der Waals surface area contributed by atoms with Gasteiger partial charge in [-0.25, -0.2) is 0 Å². The number of hydrogen-bond donors (Lipinski definition) is 14. The number of hydrogen-bond acceptors (Lipinski definition) is 20. The molecular weight excluding hydrogens is 1680 g/mol. The summed E-state index contributed by atoms with van der Waals surface area (Å²) in [5, 5.41) is 55.3. The molecule has 8 rings (SSSR count). The molecule has 129 heavy (non-hydrogen) atoms. The number of benzene rings is 6. The molecule has 0 spiro atoms. The Hall–Kier alpha value is -13.7. The van der Waals surface area contributed by atoms with Gasteiger partial charge in [0.2, 0.25) is 88.6 Å². The van der Waals surface area contributed by atoms with Gasteiger partial charge in [-0.2, -0.15) is 0 Å². The van der Waals surface area contributed by atoms with Crippen LogP contribution in [0.25, 0.3) is 10.9 Å². The molecule has 0 radical (unpaired) electrons. The van der Waals surface area contributed by atoms with E-state index in [-0.39, 0.29) is 74.5 Å². The first-order chi connectivity index (χ1) is 61.5. The zero-order valence-corrected chi connectivity index (χ0v) is 74.4. The maximum Gasteiger partial charge on any atom is 0.305 e. The fourth-order valence-electron chi connectivity index (χ4n) is 14.8. The van der Waals surface area contributed by atoms with E-state index in [2.05, 4.69) is 52.8 Å². The van der Waals surface area contributed by atoms with Gasteiger partial charge in [-0.15, -0.1) is 11.8 Å². The van der Waals surface area contributed by atoms with Crippen LogP contribution >= 0.6 is 11.8 Å². The summed E-state index contributed by atoms with van der Waals surface area (Å²) >= 11 is 0.826. The van der Waals surface area contributed by atoms with Gasteiger partial charge in [0, 0.05) is 104 Å². The maximum absolute atomic E-state index is 15.5. The second kappa shape index (κ2) is 49.4. The molecule has 0 bridgehead atoms. The fourth-order valence-corrected chi connectivity index (χ4v) is 15.7. The first kappa shape index (κ1) is 101. The third kappa shape index (κ3) is 30.8.